The summed E-state index contributed by atoms with van der Waals surface area (Å²) in [5.74, 6) is 1.64. The number of fused-ring (bicyclic) bond motifs is 5. The molecule has 2 aromatic carbocycles. The van der Waals surface area contributed by atoms with Crippen molar-refractivity contribution in [2.45, 2.75) is 57.0 Å². The van der Waals surface area contributed by atoms with Gasteiger partial charge < -0.3 is 5.11 Å². The van der Waals surface area contributed by atoms with Crippen molar-refractivity contribution in [2.75, 3.05) is 0 Å². The summed E-state index contributed by atoms with van der Waals surface area (Å²) in [6.07, 6.45) is 8.86. The summed E-state index contributed by atoms with van der Waals surface area (Å²) in [6, 6.07) is 16.3. The molecule has 2 saturated carbocycles. The second kappa shape index (κ2) is 8.57. The van der Waals surface area contributed by atoms with Gasteiger partial charge in [0.15, 0.2) is 0 Å². The molecule has 6 rings (SSSR count). The summed E-state index contributed by atoms with van der Waals surface area (Å²) < 4.78 is 14.9. The lowest BCUT2D eigenvalue weighted by Gasteiger charge is -2.50. The van der Waals surface area contributed by atoms with E-state index in [4.69, 9.17) is 6.57 Å². The van der Waals surface area contributed by atoms with E-state index < -0.39 is 5.60 Å². The molecule has 0 aliphatic heterocycles. The molecule has 3 aliphatic rings. The van der Waals surface area contributed by atoms with E-state index >= 15 is 0 Å². The fourth-order valence-corrected chi connectivity index (χ4v) is 7.92. The zero-order valence-corrected chi connectivity index (χ0v) is 20.1. The number of aliphatic hydroxyl groups is 1. The summed E-state index contributed by atoms with van der Waals surface area (Å²) in [5, 5.41) is 12.0. The van der Waals surface area contributed by atoms with Crippen molar-refractivity contribution in [2.24, 2.45) is 23.7 Å². The van der Waals surface area contributed by atoms with Crippen LogP contribution in [0.2, 0.25) is 0 Å². The van der Waals surface area contributed by atoms with E-state index in [1.807, 2.05) is 18.3 Å². The molecule has 35 heavy (non-hydrogen) atoms. The highest BCUT2D eigenvalue weighted by Gasteiger charge is 2.56. The molecular formula is C31H31FN2O. The van der Waals surface area contributed by atoms with Gasteiger partial charge in [0.2, 0.25) is 5.69 Å². The fraction of sp³-hybridized carbons (Fsp3) is 0.419. The van der Waals surface area contributed by atoms with Crippen LogP contribution in [-0.2, 0) is 12.8 Å². The monoisotopic (exact) mass is 466 g/mol. The third-order valence-electron chi connectivity index (χ3n) is 9.26. The highest BCUT2D eigenvalue weighted by molar-refractivity contribution is 5.62. The van der Waals surface area contributed by atoms with Crippen LogP contribution < -0.4 is 0 Å². The number of hydrogen-bond donors (Lipinski definition) is 1. The predicted octanol–water partition coefficient (Wildman–Crippen LogP) is 7.12. The Hall–Kier alpha value is -3.03. The molecule has 4 unspecified atom stereocenters. The van der Waals surface area contributed by atoms with Gasteiger partial charge in [0, 0.05) is 18.8 Å². The first-order chi connectivity index (χ1) is 17.0. The molecule has 1 N–H and O–H groups in total. The fourth-order valence-electron chi connectivity index (χ4n) is 7.92. The summed E-state index contributed by atoms with van der Waals surface area (Å²) >= 11 is 0. The lowest BCUT2D eigenvalue weighted by Crippen LogP contribution is -2.47. The van der Waals surface area contributed by atoms with Crippen LogP contribution in [0.3, 0.4) is 0 Å². The maximum absolute atomic E-state index is 14.9. The van der Waals surface area contributed by atoms with E-state index in [0.29, 0.717) is 36.5 Å². The van der Waals surface area contributed by atoms with Gasteiger partial charge >= 0.3 is 0 Å². The van der Waals surface area contributed by atoms with Crippen LogP contribution in [0.15, 0.2) is 60.9 Å². The highest BCUT2D eigenvalue weighted by atomic mass is 19.1. The third kappa shape index (κ3) is 3.69. The Morgan fingerprint density at radius 1 is 1.09 bits per heavy atom. The number of hydrogen-bond acceptors (Lipinski definition) is 2. The quantitative estimate of drug-likeness (QED) is 0.417. The van der Waals surface area contributed by atoms with Crippen LogP contribution >= 0.6 is 0 Å². The van der Waals surface area contributed by atoms with E-state index in [1.54, 1.807) is 12.3 Å². The second-order valence-corrected chi connectivity index (χ2v) is 11.0. The lowest BCUT2D eigenvalue weighted by atomic mass is 9.56. The van der Waals surface area contributed by atoms with Gasteiger partial charge in [0.25, 0.3) is 0 Å². The molecule has 1 heterocycles. The molecule has 4 heteroatoms. The largest absolute Gasteiger partial charge is 0.389 e. The Kier molecular flexibility index (Phi) is 5.49. The smallest absolute Gasteiger partial charge is 0.222 e. The Balaban J connectivity index is 1.24. The second-order valence-electron chi connectivity index (χ2n) is 11.0. The molecule has 0 bridgehead atoms. The van der Waals surface area contributed by atoms with Crippen LogP contribution in [0, 0.1) is 36.1 Å². The normalized spacial score (nSPS) is 31.2. The first-order valence-electron chi connectivity index (χ1n) is 12.9. The van der Waals surface area contributed by atoms with Gasteiger partial charge in [-0.25, -0.2) is 9.24 Å². The average molecular weight is 467 g/mol. The van der Waals surface area contributed by atoms with Gasteiger partial charge in [0.1, 0.15) is 5.82 Å². The van der Waals surface area contributed by atoms with Crippen molar-refractivity contribution >= 4 is 5.69 Å². The number of pyridine rings is 1. The van der Waals surface area contributed by atoms with E-state index in [9.17, 15) is 9.50 Å². The molecule has 0 amide bonds. The molecule has 3 nitrogen and oxygen atoms in total. The minimum atomic E-state index is -0.690. The van der Waals surface area contributed by atoms with Gasteiger partial charge in [-0.3, -0.25) is 4.98 Å². The van der Waals surface area contributed by atoms with Crippen LogP contribution in [0.1, 0.15) is 55.2 Å². The molecule has 0 spiro atoms. The van der Waals surface area contributed by atoms with Crippen LogP contribution in [-0.4, -0.2) is 15.7 Å². The van der Waals surface area contributed by atoms with Crippen molar-refractivity contribution in [3.8, 4) is 11.1 Å². The summed E-state index contributed by atoms with van der Waals surface area (Å²) in [4.78, 5) is 7.59. The molecule has 6 atom stereocenters. The molecule has 0 saturated heterocycles. The van der Waals surface area contributed by atoms with Crippen molar-refractivity contribution in [3.05, 3.63) is 94.8 Å². The van der Waals surface area contributed by atoms with Gasteiger partial charge in [-0.05, 0) is 95.6 Å². The van der Waals surface area contributed by atoms with Gasteiger partial charge in [0.05, 0.1) is 12.2 Å². The van der Waals surface area contributed by atoms with Gasteiger partial charge in [-0.2, -0.15) is 0 Å². The van der Waals surface area contributed by atoms with Crippen LogP contribution in [0.5, 0.6) is 0 Å². The van der Waals surface area contributed by atoms with E-state index in [-0.39, 0.29) is 17.4 Å². The van der Waals surface area contributed by atoms with Gasteiger partial charge in [-0.1, -0.05) is 49.4 Å². The van der Waals surface area contributed by atoms with E-state index in [1.165, 1.54) is 5.56 Å². The molecule has 2 fully saturated rings. The van der Waals surface area contributed by atoms with Gasteiger partial charge in [-0.15, -0.1) is 0 Å². The van der Waals surface area contributed by atoms with Crippen molar-refractivity contribution in [1.29, 1.82) is 0 Å². The Bertz CT molecular complexity index is 1280. The van der Waals surface area contributed by atoms with Crippen molar-refractivity contribution in [3.63, 3.8) is 0 Å². The van der Waals surface area contributed by atoms with Crippen molar-refractivity contribution < 1.29 is 9.50 Å². The molecule has 3 aliphatic carbocycles. The number of rotatable bonds is 3. The average Bonchev–Trinajstić information content (AvgIpc) is 3.23. The predicted molar refractivity (Wildman–Crippen MR) is 136 cm³/mol. The minimum Gasteiger partial charge on any atom is -0.389 e. The molecular weight excluding hydrogens is 435 g/mol. The molecule has 0 radical (unpaired) electrons. The zero-order chi connectivity index (χ0) is 24.2. The van der Waals surface area contributed by atoms with E-state index in [2.05, 4.69) is 47.1 Å². The maximum atomic E-state index is 14.9. The van der Waals surface area contributed by atoms with E-state index in [0.717, 1.165) is 47.9 Å². The number of aromatic nitrogens is 1. The first-order valence-corrected chi connectivity index (χ1v) is 12.9. The number of halogens is 1. The summed E-state index contributed by atoms with van der Waals surface area (Å²) in [5.41, 5.74) is 4.77. The molecule has 1 aromatic heterocycles. The van der Waals surface area contributed by atoms with Crippen LogP contribution in [0.4, 0.5) is 10.1 Å². The van der Waals surface area contributed by atoms with Crippen molar-refractivity contribution in [1.82, 2.24) is 4.98 Å². The highest BCUT2D eigenvalue weighted by Crippen LogP contribution is 2.60. The Morgan fingerprint density at radius 3 is 2.66 bits per heavy atom. The Labute approximate surface area is 206 Å². The Morgan fingerprint density at radius 2 is 1.91 bits per heavy atom. The standard InChI is InChI=1S/C31H31FN2O/c1-19-16-27-23(9-10-26-24(27)11-12-28(33-2)30(26)32)25-13-14-31(35,29(19)25)17-20-5-7-21(8-6-20)22-4-3-15-34-18-22/h3-8,11-12,15,18-19,23,25,27,29,35H,9-10,13-14,16-17H2,1H3/t19-,23?,25?,27?,29?,31-/m1/s1. The third-order valence-corrected chi connectivity index (χ3v) is 9.26. The molecule has 3 aromatic rings. The number of nitrogens with zero attached hydrogens (tertiary/aromatic N) is 2. The first kappa shape index (κ1) is 22.4. The SMILES string of the molecule is [C-]#[N+]c1ccc2c(c1F)CCC1C2C[C@@H](C)C2C1CC[C@@]2(O)Cc1ccc(-c2cccnc2)cc1. The van der Waals surface area contributed by atoms with Crippen LogP contribution in [0.25, 0.3) is 16.0 Å². The summed E-state index contributed by atoms with van der Waals surface area (Å²) in [7, 11) is 0. The zero-order valence-electron chi connectivity index (χ0n) is 20.1. The topological polar surface area (TPSA) is 37.5 Å². The molecule has 178 valence electrons. The summed E-state index contributed by atoms with van der Waals surface area (Å²) in [6.45, 7) is 9.54. The maximum Gasteiger partial charge on any atom is 0.222 e. The minimum absolute atomic E-state index is 0.147. The lowest BCUT2D eigenvalue weighted by molar-refractivity contribution is -0.0604. The number of benzene rings is 2.